The van der Waals surface area contributed by atoms with Crippen LogP contribution < -0.4 is 0 Å². The van der Waals surface area contributed by atoms with Crippen LogP contribution in [0, 0.1) is 5.41 Å². The largest absolute Gasteiger partial charge is 0.460 e. The van der Waals surface area contributed by atoms with Crippen LogP contribution >= 0.6 is 11.6 Å². The van der Waals surface area contributed by atoms with Gasteiger partial charge in [0.05, 0.1) is 6.42 Å². The Morgan fingerprint density at radius 1 is 1.12 bits per heavy atom. The molecule has 0 heterocycles. The maximum atomic E-state index is 11.7. The second-order valence-electron chi connectivity index (χ2n) is 6.07. The number of carbonyl (C=O) groups is 1. The van der Waals surface area contributed by atoms with Crippen molar-refractivity contribution in [3.05, 3.63) is 0 Å². The molecule has 16 heavy (non-hydrogen) atoms. The summed E-state index contributed by atoms with van der Waals surface area (Å²) in [6.07, 6.45) is 3.57. The molecule has 0 bridgehead atoms. The monoisotopic (exact) mass is 248 g/mol. The maximum Gasteiger partial charge on any atom is 0.306 e. The van der Waals surface area contributed by atoms with E-state index in [0.29, 0.717) is 12.3 Å². The molecule has 0 unspecified atom stereocenters. The fourth-order valence-corrected chi connectivity index (χ4v) is 1.74. The first kappa shape index (κ1) is 15.8. The number of ether oxygens (including phenoxy) is 1. The summed E-state index contributed by atoms with van der Waals surface area (Å²) in [4.78, 5) is 11.7. The van der Waals surface area contributed by atoms with Gasteiger partial charge in [0, 0.05) is 5.88 Å². The Kier molecular flexibility index (Phi) is 6.39. The highest BCUT2D eigenvalue weighted by Gasteiger charge is 2.25. The number of halogens is 1. The number of rotatable bonds is 6. The van der Waals surface area contributed by atoms with E-state index in [1.54, 1.807) is 0 Å². The molecule has 0 rings (SSSR count). The molecule has 0 aliphatic rings. The van der Waals surface area contributed by atoms with Crippen molar-refractivity contribution in [2.24, 2.45) is 5.41 Å². The molecule has 0 fully saturated rings. The van der Waals surface area contributed by atoms with Gasteiger partial charge in [0.25, 0.3) is 0 Å². The maximum absolute atomic E-state index is 11.7. The topological polar surface area (TPSA) is 26.3 Å². The Morgan fingerprint density at radius 3 is 2.12 bits per heavy atom. The van der Waals surface area contributed by atoms with E-state index in [9.17, 15) is 4.79 Å². The number of hydrogen-bond acceptors (Lipinski definition) is 2. The highest BCUT2D eigenvalue weighted by molar-refractivity contribution is 6.17. The molecule has 0 radical (unpaired) electrons. The van der Waals surface area contributed by atoms with E-state index in [4.69, 9.17) is 16.3 Å². The predicted molar refractivity (Wildman–Crippen MR) is 68.8 cm³/mol. The average molecular weight is 249 g/mol. The fraction of sp³-hybridized carbons (Fsp3) is 0.923. The molecular formula is C13H25ClO2. The predicted octanol–water partition coefficient (Wildman–Crippen LogP) is 4.15. The smallest absolute Gasteiger partial charge is 0.306 e. The first-order valence-corrected chi connectivity index (χ1v) is 6.47. The Bertz CT molecular complexity index is 216. The summed E-state index contributed by atoms with van der Waals surface area (Å²) in [6.45, 7) is 9.89. The normalized spacial score (nSPS) is 12.6. The minimum Gasteiger partial charge on any atom is -0.460 e. The summed E-state index contributed by atoms with van der Waals surface area (Å²) in [5.41, 5.74) is -0.377. The third-order valence-corrected chi connectivity index (χ3v) is 2.55. The molecule has 0 N–H and O–H groups in total. The van der Waals surface area contributed by atoms with Gasteiger partial charge in [0.1, 0.15) is 5.60 Å². The fourth-order valence-electron chi connectivity index (χ4n) is 1.55. The molecule has 96 valence electrons. The van der Waals surface area contributed by atoms with Gasteiger partial charge in [-0.3, -0.25) is 4.79 Å². The third kappa shape index (κ3) is 9.02. The molecule has 2 nitrogen and oxygen atoms in total. The molecule has 0 aliphatic carbocycles. The molecule has 0 spiro atoms. The SMILES string of the molecule is CC(C)(CCCCCl)CC(=O)OC(C)(C)C. The van der Waals surface area contributed by atoms with E-state index in [1.807, 2.05) is 20.8 Å². The minimum absolute atomic E-state index is 0.00833. The summed E-state index contributed by atoms with van der Waals surface area (Å²) in [6, 6.07) is 0. The van der Waals surface area contributed by atoms with Crippen molar-refractivity contribution in [1.29, 1.82) is 0 Å². The van der Waals surface area contributed by atoms with E-state index < -0.39 is 0 Å². The number of esters is 1. The zero-order valence-corrected chi connectivity index (χ0v) is 12.0. The van der Waals surface area contributed by atoms with Gasteiger partial charge in [-0.25, -0.2) is 0 Å². The van der Waals surface area contributed by atoms with Crippen LogP contribution in [0.25, 0.3) is 0 Å². The van der Waals surface area contributed by atoms with Crippen molar-refractivity contribution in [3.63, 3.8) is 0 Å². The standard InChI is InChI=1S/C13H25ClO2/c1-12(2,3)16-11(15)10-13(4,5)8-6-7-9-14/h6-10H2,1-5H3. The Hall–Kier alpha value is -0.240. The molecule has 0 aromatic rings. The van der Waals surface area contributed by atoms with E-state index in [-0.39, 0.29) is 17.0 Å². The first-order chi connectivity index (χ1) is 7.16. The Morgan fingerprint density at radius 2 is 1.69 bits per heavy atom. The summed E-state index contributed by atoms with van der Waals surface area (Å²) in [7, 11) is 0. The van der Waals surface area contributed by atoms with Gasteiger partial charge in [-0.2, -0.15) is 0 Å². The highest BCUT2D eigenvalue weighted by atomic mass is 35.5. The Labute approximate surface area is 105 Å². The molecular weight excluding hydrogens is 224 g/mol. The van der Waals surface area contributed by atoms with Crippen molar-refractivity contribution in [2.45, 2.75) is 65.9 Å². The zero-order chi connectivity index (χ0) is 12.8. The lowest BCUT2D eigenvalue weighted by Gasteiger charge is -2.26. The summed E-state index contributed by atoms with van der Waals surface area (Å²) < 4.78 is 5.31. The van der Waals surface area contributed by atoms with E-state index >= 15 is 0 Å². The van der Waals surface area contributed by atoms with E-state index in [0.717, 1.165) is 19.3 Å². The second-order valence-corrected chi connectivity index (χ2v) is 6.45. The summed E-state index contributed by atoms with van der Waals surface area (Å²) >= 11 is 5.63. The van der Waals surface area contributed by atoms with Crippen LogP contribution in [0.1, 0.15) is 60.3 Å². The molecule has 0 aliphatic heterocycles. The minimum atomic E-state index is -0.386. The quantitative estimate of drug-likeness (QED) is 0.401. The van der Waals surface area contributed by atoms with Gasteiger partial charge in [-0.15, -0.1) is 11.6 Å². The van der Waals surface area contributed by atoms with Crippen molar-refractivity contribution in [1.82, 2.24) is 0 Å². The van der Waals surface area contributed by atoms with E-state index in [1.165, 1.54) is 0 Å². The number of carbonyl (C=O) groups excluding carboxylic acids is 1. The summed E-state index contributed by atoms with van der Waals surface area (Å²) in [5, 5.41) is 0. The van der Waals surface area contributed by atoms with Crippen LogP contribution in [0.15, 0.2) is 0 Å². The van der Waals surface area contributed by atoms with Crippen molar-refractivity contribution in [2.75, 3.05) is 5.88 Å². The van der Waals surface area contributed by atoms with Crippen LogP contribution in [-0.2, 0) is 9.53 Å². The van der Waals surface area contributed by atoms with Gasteiger partial charge < -0.3 is 4.74 Å². The van der Waals surface area contributed by atoms with Crippen LogP contribution in [0.5, 0.6) is 0 Å². The van der Waals surface area contributed by atoms with Crippen LogP contribution in [0.2, 0.25) is 0 Å². The van der Waals surface area contributed by atoms with Crippen molar-refractivity contribution < 1.29 is 9.53 Å². The molecule has 0 saturated carbocycles. The lowest BCUT2D eigenvalue weighted by molar-refractivity contribution is -0.157. The Balaban J connectivity index is 4.00. The van der Waals surface area contributed by atoms with Crippen molar-refractivity contribution in [3.8, 4) is 0 Å². The molecule has 0 atom stereocenters. The number of unbranched alkanes of at least 4 members (excludes halogenated alkanes) is 1. The van der Waals surface area contributed by atoms with Crippen LogP contribution in [0.3, 0.4) is 0 Å². The molecule has 0 aromatic heterocycles. The van der Waals surface area contributed by atoms with Gasteiger partial charge in [0.2, 0.25) is 0 Å². The second kappa shape index (κ2) is 6.48. The van der Waals surface area contributed by atoms with Crippen molar-refractivity contribution >= 4 is 17.6 Å². The van der Waals surface area contributed by atoms with Gasteiger partial charge >= 0.3 is 5.97 Å². The molecule has 3 heteroatoms. The lowest BCUT2D eigenvalue weighted by atomic mass is 9.84. The van der Waals surface area contributed by atoms with Gasteiger partial charge in [-0.05, 0) is 39.0 Å². The third-order valence-electron chi connectivity index (χ3n) is 2.28. The molecule has 0 aromatic carbocycles. The number of hydrogen-bond donors (Lipinski definition) is 0. The van der Waals surface area contributed by atoms with E-state index in [2.05, 4.69) is 13.8 Å². The van der Waals surface area contributed by atoms with Gasteiger partial charge in [-0.1, -0.05) is 20.3 Å². The van der Waals surface area contributed by atoms with Crippen LogP contribution in [-0.4, -0.2) is 17.5 Å². The van der Waals surface area contributed by atoms with Gasteiger partial charge in [0.15, 0.2) is 0 Å². The average Bonchev–Trinajstić information content (AvgIpc) is 1.98. The molecule has 0 amide bonds. The number of alkyl halides is 1. The zero-order valence-electron chi connectivity index (χ0n) is 11.2. The highest BCUT2D eigenvalue weighted by Crippen LogP contribution is 2.28. The van der Waals surface area contributed by atoms with Crippen LogP contribution in [0.4, 0.5) is 0 Å². The lowest BCUT2D eigenvalue weighted by Crippen LogP contribution is -2.27. The molecule has 0 saturated heterocycles. The first-order valence-electron chi connectivity index (χ1n) is 5.94. The summed E-state index contributed by atoms with van der Waals surface area (Å²) in [5.74, 6) is 0.589.